The quantitative estimate of drug-likeness (QED) is 0.487. The Morgan fingerprint density at radius 2 is 2.00 bits per heavy atom. The van der Waals surface area contributed by atoms with Crippen molar-refractivity contribution in [1.29, 1.82) is 0 Å². The Balaban J connectivity index is 2.81. The molecule has 0 saturated heterocycles. The molecule has 2 nitrogen and oxygen atoms in total. The second kappa shape index (κ2) is 4.64. The summed E-state index contributed by atoms with van der Waals surface area (Å²) in [6, 6.07) is 0. The molecule has 1 aliphatic carbocycles. The molecule has 0 aromatic heterocycles. The van der Waals surface area contributed by atoms with Gasteiger partial charge in [-0.1, -0.05) is 13.8 Å². The summed E-state index contributed by atoms with van der Waals surface area (Å²) in [4.78, 5) is 0. The molecule has 1 fully saturated rings. The van der Waals surface area contributed by atoms with Crippen molar-refractivity contribution in [2.75, 3.05) is 7.05 Å². The van der Waals surface area contributed by atoms with E-state index in [2.05, 4.69) is 59.3 Å². The van der Waals surface area contributed by atoms with Crippen molar-refractivity contribution >= 4 is 22.9 Å². The first kappa shape index (κ1) is 11.3. The minimum atomic E-state index is 0.605. The number of rotatable bonds is 4. The lowest BCUT2D eigenvalue weighted by Gasteiger charge is -2.26. The maximum Gasteiger partial charge on any atom is 0.0388 e. The van der Waals surface area contributed by atoms with Crippen LogP contribution < -0.4 is 3.64 Å². The minimum absolute atomic E-state index is 0.605. The maximum absolute atomic E-state index is 3.16. The van der Waals surface area contributed by atoms with E-state index in [1.807, 2.05) is 0 Å². The topological polar surface area (TPSA) is 15.3 Å². The number of hydrazine groups is 1. The summed E-state index contributed by atoms with van der Waals surface area (Å²) >= 11 is 2.18. The van der Waals surface area contributed by atoms with Crippen LogP contribution in [0.25, 0.3) is 0 Å². The van der Waals surface area contributed by atoms with Crippen LogP contribution in [0.4, 0.5) is 0 Å². The van der Waals surface area contributed by atoms with Crippen LogP contribution in [-0.2, 0) is 0 Å². The van der Waals surface area contributed by atoms with Gasteiger partial charge in [0.1, 0.15) is 0 Å². The van der Waals surface area contributed by atoms with Crippen molar-refractivity contribution in [2.45, 2.75) is 33.6 Å². The molecule has 0 amide bonds. The van der Waals surface area contributed by atoms with E-state index >= 15 is 0 Å². The van der Waals surface area contributed by atoms with E-state index in [1.165, 1.54) is 18.5 Å². The van der Waals surface area contributed by atoms with Crippen molar-refractivity contribution in [3.05, 3.63) is 11.3 Å². The Morgan fingerprint density at radius 1 is 1.46 bits per heavy atom. The summed E-state index contributed by atoms with van der Waals surface area (Å²) in [6.45, 7) is 6.79. The second-order valence-corrected chi connectivity index (χ2v) is 4.62. The van der Waals surface area contributed by atoms with Crippen LogP contribution in [0.1, 0.15) is 33.6 Å². The van der Waals surface area contributed by atoms with E-state index < -0.39 is 0 Å². The van der Waals surface area contributed by atoms with E-state index in [0.717, 1.165) is 5.92 Å². The van der Waals surface area contributed by atoms with Gasteiger partial charge in [-0.15, -0.1) is 0 Å². The molecule has 76 valence electrons. The molecule has 1 rings (SSSR count). The largest absolute Gasteiger partial charge is 0.306 e. The van der Waals surface area contributed by atoms with Gasteiger partial charge in [0, 0.05) is 35.6 Å². The fourth-order valence-electron chi connectivity index (χ4n) is 1.88. The smallest absolute Gasteiger partial charge is 0.0388 e. The van der Waals surface area contributed by atoms with Gasteiger partial charge in [-0.25, -0.2) is 0 Å². The van der Waals surface area contributed by atoms with Crippen molar-refractivity contribution in [3.8, 4) is 0 Å². The first-order chi connectivity index (χ1) is 6.07. The van der Waals surface area contributed by atoms with Gasteiger partial charge in [0.05, 0.1) is 0 Å². The molecule has 0 spiro atoms. The van der Waals surface area contributed by atoms with Gasteiger partial charge in [0.25, 0.3) is 0 Å². The molecule has 0 aromatic rings. The van der Waals surface area contributed by atoms with E-state index in [9.17, 15) is 0 Å². The third-order valence-corrected chi connectivity index (χ3v) is 3.35. The van der Waals surface area contributed by atoms with E-state index in [4.69, 9.17) is 0 Å². The molecule has 0 atom stereocenters. The lowest BCUT2D eigenvalue weighted by atomic mass is 10.0. The van der Waals surface area contributed by atoms with Crippen LogP contribution in [0.5, 0.6) is 0 Å². The average Bonchev–Trinajstić information content (AvgIpc) is 2.85. The third kappa shape index (κ3) is 2.84. The number of nitrogens with one attached hydrogen (secondary N) is 1. The highest BCUT2D eigenvalue weighted by Crippen LogP contribution is 2.39. The number of hydrogen-bond acceptors (Lipinski definition) is 2. The standard InChI is InChI=1S/C10H19IN2/c1-7(2)10(13(4)12-11)8(3)9-5-6-9/h7,9,12H,5-6H2,1-4H3/b10-8+. The summed E-state index contributed by atoms with van der Waals surface area (Å²) in [5.74, 6) is 1.47. The molecule has 0 bridgehead atoms. The predicted octanol–water partition coefficient (Wildman–Crippen LogP) is 3.11. The zero-order chi connectivity index (χ0) is 10.0. The van der Waals surface area contributed by atoms with Crippen molar-refractivity contribution in [2.24, 2.45) is 11.8 Å². The minimum Gasteiger partial charge on any atom is -0.306 e. The predicted molar refractivity (Wildman–Crippen MR) is 65.2 cm³/mol. The second-order valence-electron chi connectivity index (χ2n) is 4.14. The fraction of sp³-hybridized carbons (Fsp3) is 0.800. The number of nitrogens with zero attached hydrogens (tertiary/aromatic N) is 1. The number of allylic oxidation sites excluding steroid dienone is 2. The normalized spacial score (nSPS) is 18.9. The zero-order valence-corrected chi connectivity index (χ0v) is 11.1. The summed E-state index contributed by atoms with van der Waals surface area (Å²) < 4.78 is 3.16. The highest BCUT2D eigenvalue weighted by molar-refractivity contribution is 14.1. The monoisotopic (exact) mass is 294 g/mol. The lowest BCUT2D eigenvalue weighted by Crippen LogP contribution is -2.29. The summed E-state index contributed by atoms with van der Waals surface area (Å²) in [5.41, 5.74) is 3.03. The molecule has 0 radical (unpaired) electrons. The number of halogens is 1. The molecule has 0 aromatic carbocycles. The van der Waals surface area contributed by atoms with Gasteiger partial charge in [0.2, 0.25) is 0 Å². The van der Waals surface area contributed by atoms with Crippen LogP contribution in [0.2, 0.25) is 0 Å². The molecule has 0 unspecified atom stereocenters. The fourth-order valence-corrected chi connectivity index (χ4v) is 2.14. The third-order valence-electron chi connectivity index (χ3n) is 2.63. The molecular weight excluding hydrogens is 275 g/mol. The molecule has 1 N–H and O–H groups in total. The van der Waals surface area contributed by atoms with Crippen LogP contribution in [0, 0.1) is 11.8 Å². The van der Waals surface area contributed by atoms with Crippen LogP contribution >= 0.6 is 22.9 Å². The molecule has 0 heterocycles. The van der Waals surface area contributed by atoms with Gasteiger partial charge in [0.15, 0.2) is 0 Å². The molecule has 0 aliphatic heterocycles. The molecular formula is C10H19IN2. The average molecular weight is 294 g/mol. The van der Waals surface area contributed by atoms with Gasteiger partial charge in [-0.05, 0) is 37.2 Å². The van der Waals surface area contributed by atoms with Crippen molar-refractivity contribution in [3.63, 3.8) is 0 Å². The Bertz CT molecular complexity index is 207. The molecule has 1 saturated carbocycles. The summed E-state index contributed by atoms with van der Waals surface area (Å²) in [5, 5.41) is 2.14. The first-order valence-electron chi connectivity index (χ1n) is 4.88. The first-order valence-corrected chi connectivity index (χ1v) is 5.96. The zero-order valence-electron chi connectivity index (χ0n) is 8.89. The van der Waals surface area contributed by atoms with Gasteiger partial charge >= 0.3 is 0 Å². The maximum atomic E-state index is 3.16. The Hall–Kier alpha value is 0.230. The Morgan fingerprint density at radius 3 is 2.31 bits per heavy atom. The van der Waals surface area contributed by atoms with Crippen molar-refractivity contribution < 1.29 is 0 Å². The summed E-state index contributed by atoms with van der Waals surface area (Å²) in [6.07, 6.45) is 2.77. The number of hydrogen-bond donors (Lipinski definition) is 1. The summed E-state index contributed by atoms with van der Waals surface area (Å²) in [7, 11) is 2.09. The Kier molecular flexibility index (Phi) is 4.04. The van der Waals surface area contributed by atoms with E-state index in [0.29, 0.717) is 5.92 Å². The van der Waals surface area contributed by atoms with Gasteiger partial charge < -0.3 is 5.01 Å². The lowest BCUT2D eigenvalue weighted by molar-refractivity contribution is 0.357. The highest BCUT2D eigenvalue weighted by Gasteiger charge is 2.27. The molecule has 3 heteroatoms. The SMILES string of the molecule is C/C(=C(/C(C)C)N(C)NI)C1CC1. The van der Waals surface area contributed by atoms with Crippen LogP contribution in [-0.4, -0.2) is 12.1 Å². The molecule has 1 aliphatic rings. The van der Waals surface area contributed by atoms with E-state index in [1.54, 1.807) is 5.57 Å². The Labute approximate surface area is 95.2 Å². The van der Waals surface area contributed by atoms with Gasteiger partial charge in [-0.3, -0.25) is 0 Å². The van der Waals surface area contributed by atoms with E-state index in [-0.39, 0.29) is 0 Å². The van der Waals surface area contributed by atoms with Crippen LogP contribution in [0.15, 0.2) is 11.3 Å². The highest BCUT2D eigenvalue weighted by atomic mass is 127. The van der Waals surface area contributed by atoms with Crippen molar-refractivity contribution in [1.82, 2.24) is 8.65 Å². The van der Waals surface area contributed by atoms with Gasteiger partial charge in [-0.2, -0.15) is 3.64 Å². The molecule has 13 heavy (non-hydrogen) atoms. The van der Waals surface area contributed by atoms with Crippen LogP contribution in [0.3, 0.4) is 0 Å².